The fourth-order valence-corrected chi connectivity index (χ4v) is 5.03. The summed E-state index contributed by atoms with van der Waals surface area (Å²) in [4.78, 5) is 26.3. The molecule has 0 spiro atoms. The van der Waals surface area contributed by atoms with E-state index in [0.29, 0.717) is 31.9 Å². The summed E-state index contributed by atoms with van der Waals surface area (Å²) in [5.74, 6) is 0.897. The molecule has 0 saturated carbocycles. The van der Waals surface area contributed by atoms with E-state index in [2.05, 4.69) is 59.0 Å². The molecule has 0 N–H and O–H groups in total. The van der Waals surface area contributed by atoms with Gasteiger partial charge >= 0.3 is 0 Å². The van der Waals surface area contributed by atoms with Gasteiger partial charge in [-0.1, -0.05) is 42.5 Å². The van der Waals surface area contributed by atoms with Crippen LogP contribution in [0.1, 0.15) is 5.56 Å². The van der Waals surface area contributed by atoms with Crippen LogP contribution in [0.4, 0.5) is 10.2 Å². The summed E-state index contributed by atoms with van der Waals surface area (Å²) >= 11 is 0. The van der Waals surface area contributed by atoms with Crippen LogP contribution in [0.15, 0.2) is 91.4 Å². The number of aryl methyl sites for hydroxylation is 1. The molecule has 0 unspecified atom stereocenters. The van der Waals surface area contributed by atoms with Crippen LogP contribution < -0.4 is 9.64 Å². The molecule has 1 aliphatic heterocycles. The molecule has 8 heteroatoms. The lowest BCUT2D eigenvalue weighted by Crippen LogP contribution is -2.50. The summed E-state index contributed by atoms with van der Waals surface area (Å²) in [6.07, 6.45) is 3.76. The molecular weight excluding hydrogens is 493 g/mol. The van der Waals surface area contributed by atoms with Crippen molar-refractivity contribution < 1.29 is 13.9 Å². The predicted molar refractivity (Wildman–Crippen MR) is 150 cm³/mol. The Labute approximate surface area is 226 Å². The monoisotopic (exact) mass is 521 g/mol. The summed E-state index contributed by atoms with van der Waals surface area (Å²) in [6, 6.07) is 24.3. The summed E-state index contributed by atoms with van der Waals surface area (Å²) in [5, 5.41) is 0.990. The minimum Gasteiger partial charge on any atom is -0.484 e. The van der Waals surface area contributed by atoms with Crippen molar-refractivity contribution in [1.82, 2.24) is 19.4 Å². The van der Waals surface area contributed by atoms with Crippen LogP contribution in [0.25, 0.3) is 27.8 Å². The molecule has 0 radical (unpaired) electrons. The standard InChI is InChI=1S/C31H28FN5O2/c1-22-6-5-9-25(18-22)37-19-27(23-7-3-2-4-8-23)29-30(33-21-34-31(29)37)36-16-14-35(15-17-36)28(38)20-39-26-12-10-24(32)11-13-26/h2-13,18-19,21H,14-17,20H2,1H3. The third-order valence-corrected chi connectivity index (χ3v) is 7.04. The number of piperazine rings is 1. The molecular formula is C31H28FN5O2. The first-order valence-electron chi connectivity index (χ1n) is 13.0. The van der Waals surface area contributed by atoms with Crippen molar-refractivity contribution in [3.63, 3.8) is 0 Å². The molecule has 0 atom stereocenters. The molecule has 6 rings (SSSR count). The SMILES string of the molecule is Cc1cccc(-n2cc(-c3ccccc3)c3c(N4CCN(C(=O)COc5ccc(F)cc5)CC4)ncnc32)c1. The molecule has 39 heavy (non-hydrogen) atoms. The van der Waals surface area contributed by atoms with E-state index < -0.39 is 0 Å². The smallest absolute Gasteiger partial charge is 0.260 e. The van der Waals surface area contributed by atoms with E-state index >= 15 is 0 Å². The van der Waals surface area contributed by atoms with E-state index in [-0.39, 0.29) is 18.3 Å². The number of nitrogens with zero attached hydrogens (tertiary/aromatic N) is 5. The average molecular weight is 522 g/mol. The van der Waals surface area contributed by atoms with Crippen LogP contribution in [-0.2, 0) is 4.79 Å². The first-order chi connectivity index (χ1) is 19.1. The molecule has 1 amide bonds. The number of carbonyl (C=O) groups excluding carboxylic acids is 1. The summed E-state index contributed by atoms with van der Waals surface area (Å²) in [5.41, 5.74) is 5.22. The molecule has 2 aromatic heterocycles. The van der Waals surface area contributed by atoms with Gasteiger partial charge in [0.05, 0.1) is 5.39 Å². The van der Waals surface area contributed by atoms with E-state index in [1.54, 1.807) is 11.2 Å². The lowest BCUT2D eigenvalue weighted by molar-refractivity contribution is -0.133. The van der Waals surface area contributed by atoms with E-state index in [1.165, 1.54) is 29.8 Å². The van der Waals surface area contributed by atoms with Crippen LogP contribution >= 0.6 is 0 Å². The highest BCUT2D eigenvalue weighted by atomic mass is 19.1. The fourth-order valence-electron chi connectivity index (χ4n) is 5.03. The van der Waals surface area contributed by atoms with Crippen LogP contribution in [0, 0.1) is 12.7 Å². The first kappa shape index (κ1) is 24.6. The number of amides is 1. The zero-order valence-electron chi connectivity index (χ0n) is 21.6. The van der Waals surface area contributed by atoms with Gasteiger partial charge in [-0.15, -0.1) is 0 Å². The third kappa shape index (κ3) is 5.05. The number of aromatic nitrogens is 3. The Morgan fingerprint density at radius 1 is 0.923 bits per heavy atom. The minimum atomic E-state index is -0.340. The van der Waals surface area contributed by atoms with Gasteiger partial charge in [-0.25, -0.2) is 14.4 Å². The van der Waals surface area contributed by atoms with Crippen molar-refractivity contribution in [1.29, 1.82) is 0 Å². The Bertz CT molecular complexity index is 1610. The zero-order chi connectivity index (χ0) is 26.8. The van der Waals surface area contributed by atoms with Gasteiger partial charge in [0.1, 0.15) is 23.7 Å². The number of fused-ring (bicyclic) bond motifs is 1. The lowest BCUT2D eigenvalue weighted by Gasteiger charge is -2.35. The van der Waals surface area contributed by atoms with Crippen molar-refractivity contribution in [3.8, 4) is 22.6 Å². The van der Waals surface area contributed by atoms with Crippen LogP contribution in [0.3, 0.4) is 0 Å². The molecule has 3 heterocycles. The normalized spacial score (nSPS) is 13.6. The first-order valence-corrected chi connectivity index (χ1v) is 13.0. The van der Waals surface area contributed by atoms with Crippen molar-refractivity contribution >= 4 is 22.8 Å². The van der Waals surface area contributed by atoms with E-state index in [9.17, 15) is 9.18 Å². The largest absolute Gasteiger partial charge is 0.484 e. The van der Waals surface area contributed by atoms with Crippen LogP contribution in [-0.4, -0.2) is 58.1 Å². The predicted octanol–water partition coefficient (Wildman–Crippen LogP) is 5.26. The maximum absolute atomic E-state index is 13.1. The molecule has 196 valence electrons. The summed E-state index contributed by atoms with van der Waals surface area (Å²) < 4.78 is 20.8. The molecule has 5 aromatic rings. The highest BCUT2D eigenvalue weighted by Crippen LogP contribution is 2.37. The number of ether oxygens (including phenoxy) is 1. The van der Waals surface area contributed by atoms with Gasteiger partial charge in [0.25, 0.3) is 5.91 Å². The highest BCUT2D eigenvalue weighted by molar-refractivity contribution is 6.02. The van der Waals surface area contributed by atoms with Gasteiger partial charge in [-0.2, -0.15) is 0 Å². The number of benzene rings is 3. The van der Waals surface area contributed by atoms with Gasteiger partial charge in [-0.3, -0.25) is 4.79 Å². The second-order valence-electron chi connectivity index (χ2n) is 9.62. The van der Waals surface area contributed by atoms with E-state index in [4.69, 9.17) is 14.7 Å². The zero-order valence-corrected chi connectivity index (χ0v) is 21.6. The number of anilines is 1. The second-order valence-corrected chi connectivity index (χ2v) is 9.62. The number of rotatable bonds is 6. The summed E-state index contributed by atoms with van der Waals surface area (Å²) in [7, 11) is 0. The van der Waals surface area contributed by atoms with Crippen molar-refractivity contribution in [3.05, 3.63) is 103 Å². The minimum absolute atomic E-state index is 0.0825. The Morgan fingerprint density at radius 3 is 2.44 bits per heavy atom. The van der Waals surface area contributed by atoms with Crippen molar-refractivity contribution in [2.24, 2.45) is 0 Å². The molecule has 0 bridgehead atoms. The maximum atomic E-state index is 13.1. The number of carbonyl (C=O) groups is 1. The lowest BCUT2D eigenvalue weighted by atomic mass is 10.1. The second kappa shape index (κ2) is 10.6. The van der Waals surface area contributed by atoms with Gasteiger partial charge in [0, 0.05) is 43.6 Å². The van der Waals surface area contributed by atoms with E-state index in [0.717, 1.165) is 33.7 Å². The Balaban J connectivity index is 1.27. The third-order valence-electron chi connectivity index (χ3n) is 7.04. The summed E-state index contributed by atoms with van der Waals surface area (Å²) in [6.45, 7) is 4.38. The quantitative estimate of drug-likeness (QED) is 0.305. The van der Waals surface area contributed by atoms with Gasteiger partial charge < -0.3 is 19.1 Å². The topological polar surface area (TPSA) is 63.5 Å². The Hall–Kier alpha value is -4.72. The van der Waals surface area contributed by atoms with Crippen LogP contribution in [0.5, 0.6) is 5.75 Å². The number of halogens is 1. The maximum Gasteiger partial charge on any atom is 0.260 e. The molecule has 0 aliphatic carbocycles. The Kier molecular flexibility index (Phi) is 6.67. The molecule has 3 aromatic carbocycles. The highest BCUT2D eigenvalue weighted by Gasteiger charge is 2.26. The molecule has 1 aliphatic rings. The fraction of sp³-hybridized carbons (Fsp3) is 0.194. The van der Waals surface area contributed by atoms with E-state index in [1.807, 2.05) is 18.2 Å². The molecule has 7 nitrogen and oxygen atoms in total. The molecule has 1 fully saturated rings. The van der Waals surface area contributed by atoms with Crippen molar-refractivity contribution in [2.45, 2.75) is 6.92 Å². The Morgan fingerprint density at radius 2 is 1.69 bits per heavy atom. The number of hydrogen-bond donors (Lipinski definition) is 0. The number of hydrogen-bond acceptors (Lipinski definition) is 5. The van der Waals surface area contributed by atoms with Gasteiger partial charge in [0.15, 0.2) is 12.3 Å². The van der Waals surface area contributed by atoms with Gasteiger partial charge in [0.2, 0.25) is 0 Å². The average Bonchev–Trinajstić information content (AvgIpc) is 3.37. The van der Waals surface area contributed by atoms with Crippen LogP contribution in [0.2, 0.25) is 0 Å². The molecule has 1 saturated heterocycles. The van der Waals surface area contributed by atoms with Gasteiger partial charge in [-0.05, 0) is 54.4 Å². The van der Waals surface area contributed by atoms with Crippen molar-refractivity contribution in [2.75, 3.05) is 37.7 Å².